The molecule has 2 aromatic carbocycles. The van der Waals surface area contributed by atoms with Gasteiger partial charge in [0.05, 0.1) is 0 Å². The Balaban J connectivity index is 0.00000171. The summed E-state index contributed by atoms with van der Waals surface area (Å²) < 4.78 is 3.91. The van der Waals surface area contributed by atoms with Crippen molar-refractivity contribution in [3.63, 3.8) is 0 Å². The maximum Gasteiger partial charge on any atom is 0.266 e. The number of anilines is 1. The third-order valence-corrected chi connectivity index (χ3v) is 7.72. The molecule has 0 aliphatic carbocycles. The van der Waals surface area contributed by atoms with Crippen LogP contribution in [0.15, 0.2) is 65.9 Å². The van der Waals surface area contributed by atoms with Gasteiger partial charge in [-0.05, 0) is 35.8 Å². The zero-order valence-corrected chi connectivity index (χ0v) is 18.6. The maximum absolute atomic E-state index is 2.57. The van der Waals surface area contributed by atoms with Gasteiger partial charge in [-0.15, -0.1) is 0 Å². The van der Waals surface area contributed by atoms with Gasteiger partial charge in [0.2, 0.25) is 5.52 Å². The predicted molar refractivity (Wildman–Crippen MR) is 113 cm³/mol. The minimum absolute atomic E-state index is 0. The highest BCUT2D eigenvalue weighted by Gasteiger charge is 2.44. The highest BCUT2D eigenvalue weighted by Crippen LogP contribution is 2.52. The first-order valence-corrected chi connectivity index (χ1v) is 10.7. The highest BCUT2D eigenvalue weighted by atomic mass is 79.9. The lowest BCUT2D eigenvalue weighted by Gasteiger charge is -2.23. The van der Waals surface area contributed by atoms with Crippen molar-refractivity contribution in [3.05, 3.63) is 76.4 Å². The summed E-state index contributed by atoms with van der Waals surface area (Å²) in [5.41, 5.74) is 8.95. The van der Waals surface area contributed by atoms with Crippen molar-refractivity contribution in [2.45, 2.75) is 38.6 Å². The fraction of sp³-hybridized carbons (Fsp3) is 0.292. The number of para-hydroxylation sites is 2. The van der Waals surface area contributed by atoms with Gasteiger partial charge in [0.15, 0.2) is 6.54 Å². The number of halogens is 1. The van der Waals surface area contributed by atoms with Crippen LogP contribution in [0.5, 0.6) is 0 Å². The summed E-state index contributed by atoms with van der Waals surface area (Å²) in [4.78, 5) is 2.57. The van der Waals surface area contributed by atoms with Crippen molar-refractivity contribution in [2.75, 3.05) is 11.4 Å². The number of hydrogen-bond donors (Lipinski definition) is 0. The van der Waals surface area contributed by atoms with Gasteiger partial charge in [0.1, 0.15) is 4.70 Å². The second kappa shape index (κ2) is 6.30. The van der Waals surface area contributed by atoms with Crippen molar-refractivity contribution >= 4 is 32.8 Å². The Labute approximate surface area is 180 Å². The summed E-state index contributed by atoms with van der Waals surface area (Å²) in [6, 6.07) is 17.8. The third-order valence-electron chi connectivity index (χ3n) is 6.47. The van der Waals surface area contributed by atoms with Crippen LogP contribution in [-0.4, -0.2) is 6.54 Å². The van der Waals surface area contributed by atoms with E-state index in [1.165, 1.54) is 43.3 Å². The van der Waals surface area contributed by atoms with Gasteiger partial charge in [-0.2, -0.15) is 4.57 Å². The molecule has 0 atom stereocenters. The number of fused-ring (bicyclic) bond motifs is 6. The van der Waals surface area contributed by atoms with Crippen LogP contribution in [0.3, 0.4) is 0 Å². The van der Waals surface area contributed by atoms with Crippen molar-refractivity contribution in [3.8, 4) is 0 Å². The standard InChI is InChI=1S/C24H23N2S.BrH/c1-24(2)18-7-3-4-8-19(18)25-13-11-16(22(24)25)15-17-12-14-26-20-9-5-6-10-21(20)27-23(17)26;/h3-10,15H,11-14H2,1-2H3;1H/q+1;/p-1. The van der Waals surface area contributed by atoms with Crippen LogP contribution >= 0.6 is 11.3 Å². The Hall–Kier alpha value is -1.91. The molecule has 0 N–H and O–H groups in total. The van der Waals surface area contributed by atoms with Crippen molar-refractivity contribution < 1.29 is 21.5 Å². The Morgan fingerprint density at radius 2 is 1.82 bits per heavy atom. The smallest absolute Gasteiger partial charge is 0.266 e. The molecule has 4 heteroatoms. The molecule has 0 fully saturated rings. The van der Waals surface area contributed by atoms with Gasteiger partial charge >= 0.3 is 0 Å². The van der Waals surface area contributed by atoms with Crippen molar-refractivity contribution in [1.29, 1.82) is 0 Å². The van der Waals surface area contributed by atoms with E-state index < -0.39 is 0 Å². The normalized spacial score (nSPS) is 20.5. The molecular formula is C24H23BrN2S. The number of aromatic nitrogens is 1. The summed E-state index contributed by atoms with van der Waals surface area (Å²) in [6.45, 7) is 7.00. The lowest BCUT2D eigenvalue weighted by Crippen LogP contribution is -3.00. The fourth-order valence-electron chi connectivity index (χ4n) is 5.30. The van der Waals surface area contributed by atoms with Crippen LogP contribution < -0.4 is 26.4 Å². The van der Waals surface area contributed by atoms with Crippen LogP contribution in [0.2, 0.25) is 0 Å². The number of rotatable bonds is 1. The second-order valence-electron chi connectivity index (χ2n) is 8.36. The first-order chi connectivity index (χ1) is 13.1. The van der Waals surface area contributed by atoms with Crippen LogP contribution in [0.25, 0.3) is 15.8 Å². The van der Waals surface area contributed by atoms with Gasteiger partial charge in [0.25, 0.3) is 5.01 Å². The van der Waals surface area contributed by atoms with Crippen LogP contribution in [0.4, 0.5) is 5.69 Å². The maximum atomic E-state index is 2.57. The number of allylic oxidation sites excluding steroid dienone is 3. The molecular weight excluding hydrogens is 428 g/mol. The molecule has 0 unspecified atom stereocenters. The highest BCUT2D eigenvalue weighted by molar-refractivity contribution is 7.19. The summed E-state index contributed by atoms with van der Waals surface area (Å²) in [7, 11) is 0. The molecule has 3 aliphatic rings. The zero-order chi connectivity index (χ0) is 18.2. The number of nitrogens with zero attached hydrogens (tertiary/aromatic N) is 2. The molecule has 3 aromatic rings. The van der Waals surface area contributed by atoms with E-state index in [2.05, 4.69) is 77.9 Å². The monoisotopic (exact) mass is 450 g/mol. The fourth-order valence-corrected chi connectivity index (χ4v) is 6.53. The van der Waals surface area contributed by atoms with E-state index in [-0.39, 0.29) is 22.4 Å². The summed E-state index contributed by atoms with van der Waals surface area (Å²) >= 11 is 1.95. The molecule has 3 aliphatic heterocycles. The molecule has 0 radical (unpaired) electrons. The molecule has 6 rings (SSSR count). The van der Waals surface area contributed by atoms with E-state index in [4.69, 9.17) is 0 Å². The van der Waals surface area contributed by atoms with Crippen LogP contribution in [0, 0.1) is 0 Å². The first-order valence-electron chi connectivity index (χ1n) is 9.87. The number of hydrogen-bond acceptors (Lipinski definition) is 2. The van der Waals surface area contributed by atoms with Gasteiger partial charge in [-0.1, -0.05) is 55.5 Å². The molecule has 28 heavy (non-hydrogen) atoms. The number of benzene rings is 2. The molecule has 4 heterocycles. The van der Waals surface area contributed by atoms with E-state index in [1.54, 1.807) is 0 Å². The first kappa shape index (κ1) is 18.1. The quantitative estimate of drug-likeness (QED) is 0.516. The molecule has 1 aromatic heterocycles. The van der Waals surface area contributed by atoms with E-state index in [0.717, 1.165) is 25.9 Å². The van der Waals surface area contributed by atoms with Crippen LogP contribution in [0.1, 0.15) is 37.3 Å². The molecule has 0 amide bonds. The average Bonchev–Trinajstić information content (AvgIpc) is 3.40. The van der Waals surface area contributed by atoms with E-state index in [0.29, 0.717) is 0 Å². The Bertz CT molecular complexity index is 1170. The van der Waals surface area contributed by atoms with Crippen molar-refractivity contribution in [2.24, 2.45) is 0 Å². The molecule has 142 valence electrons. The molecule has 0 spiro atoms. The molecule has 0 bridgehead atoms. The van der Waals surface area contributed by atoms with Crippen LogP contribution in [-0.2, 0) is 12.0 Å². The Morgan fingerprint density at radius 1 is 1.04 bits per heavy atom. The van der Waals surface area contributed by atoms with Gasteiger partial charge in [-0.3, -0.25) is 0 Å². The second-order valence-corrected chi connectivity index (χ2v) is 9.39. The summed E-state index contributed by atoms with van der Waals surface area (Å²) in [5, 5.41) is 1.45. The zero-order valence-electron chi connectivity index (χ0n) is 16.2. The predicted octanol–water partition coefficient (Wildman–Crippen LogP) is 2.44. The topological polar surface area (TPSA) is 7.12 Å². The minimum atomic E-state index is 0. The van der Waals surface area contributed by atoms with Gasteiger partial charge in [-0.25, -0.2) is 0 Å². The molecule has 2 nitrogen and oxygen atoms in total. The molecule has 0 saturated carbocycles. The van der Waals surface area contributed by atoms with Gasteiger partial charge < -0.3 is 21.9 Å². The lowest BCUT2D eigenvalue weighted by atomic mass is 9.82. The minimum Gasteiger partial charge on any atom is -1.00 e. The number of thiazole rings is 1. The SMILES string of the molecule is CC1(C)C2=C(C=C3CC[n+]4c3sc3ccccc34)CCN2c2ccccc21.[Br-]. The summed E-state index contributed by atoms with van der Waals surface area (Å²) in [6.07, 6.45) is 4.83. The molecule has 0 saturated heterocycles. The summed E-state index contributed by atoms with van der Waals surface area (Å²) in [5.74, 6) is 0. The third kappa shape index (κ3) is 2.34. The van der Waals surface area contributed by atoms with Crippen molar-refractivity contribution in [1.82, 2.24) is 0 Å². The van der Waals surface area contributed by atoms with E-state index in [9.17, 15) is 0 Å². The van der Waals surface area contributed by atoms with E-state index in [1.807, 2.05) is 11.3 Å². The largest absolute Gasteiger partial charge is 1.00 e. The number of aryl methyl sites for hydroxylation is 1. The Kier molecular flexibility index (Phi) is 4.08. The Morgan fingerprint density at radius 3 is 2.71 bits per heavy atom. The lowest BCUT2D eigenvalue weighted by molar-refractivity contribution is -0.659. The van der Waals surface area contributed by atoms with Gasteiger partial charge in [0, 0.05) is 41.4 Å². The van der Waals surface area contributed by atoms with E-state index >= 15 is 0 Å². The average molecular weight is 451 g/mol.